The van der Waals surface area contributed by atoms with Gasteiger partial charge in [0.2, 0.25) is 5.91 Å². The first-order valence-corrected chi connectivity index (χ1v) is 6.93. The molecule has 1 aliphatic rings. The van der Waals surface area contributed by atoms with E-state index in [1.54, 1.807) is 17.1 Å². The van der Waals surface area contributed by atoms with Crippen molar-refractivity contribution < 1.29 is 9.59 Å². The average Bonchev–Trinajstić information content (AvgIpc) is 2.90. The number of nitrogens with two attached hydrogens (primary N) is 2. The number of amides is 2. The van der Waals surface area contributed by atoms with E-state index in [-0.39, 0.29) is 11.6 Å². The quantitative estimate of drug-likeness (QED) is 0.706. The van der Waals surface area contributed by atoms with Crippen molar-refractivity contribution >= 4 is 11.8 Å². The number of rotatable bonds is 5. The first-order valence-electron chi connectivity index (χ1n) is 6.93. The molecule has 110 valence electrons. The van der Waals surface area contributed by atoms with Crippen molar-refractivity contribution in [3.8, 4) is 0 Å². The van der Waals surface area contributed by atoms with Crippen LogP contribution in [0.5, 0.6) is 0 Å². The second-order valence-electron chi connectivity index (χ2n) is 5.21. The Bertz CT molecular complexity index is 491. The molecular formula is C13H21N5O2. The average molecular weight is 279 g/mol. The molecule has 1 aliphatic carbocycles. The van der Waals surface area contributed by atoms with Crippen LogP contribution in [0.2, 0.25) is 0 Å². The molecule has 0 radical (unpaired) electrons. The minimum Gasteiger partial charge on any atom is -0.364 e. The van der Waals surface area contributed by atoms with E-state index in [0.717, 1.165) is 32.1 Å². The van der Waals surface area contributed by atoms with E-state index in [2.05, 4.69) is 10.3 Å². The van der Waals surface area contributed by atoms with Crippen LogP contribution in [0.1, 0.15) is 49.0 Å². The van der Waals surface area contributed by atoms with E-state index in [0.29, 0.717) is 13.0 Å². The Morgan fingerprint density at radius 2 is 2.05 bits per heavy atom. The number of carbonyl (C=O) groups excluding carboxylic acids is 2. The number of nitrogens with one attached hydrogen (secondary N) is 1. The standard InChI is InChI=1S/C13H21N5O2/c14-7-4-11(19)17-13(5-2-1-3-6-13)18-8-10(12(15)20)16-9-18/h8-9H,1-7,14H2,(H2,15,20)(H,17,19). The van der Waals surface area contributed by atoms with Crippen molar-refractivity contribution in [1.29, 1.82) is 0 Å². The summed E-state index contributed by atoms with van der Waals surface area (Å²) in [6.45, 7) is 0.318. The lowest BCUT2D eigenvalue weighted by atomic mass is 9.88. The Hall–Kier alpha value is -1.89. The maximum Gasteiger partial charge on any atom is 0.268 e. The van der Waals surface area contributed by atoms with E-state index in [1.807, 2.05) is 0 Å². The molecule has 1 fully saturated rings. The highest BCUT2D eigenvalue weighted by Crippen LogP contribution is 2.32. The zero-order valence-electron chi connectivity index (χ0n) is 11.5. The van der Waals surface area contributed by atoms with Crippen molar-refractivity contribution in [3.63, 3.8) is 0 Å². The number of nitrogens with zero attached hydrogens (tertiary/aromatic N) is 2. The minimum atomic E-state index is -0.567. The predicted octanol–water partition coefficient (Wildman–Crippen LogP) is 0.0639. The van der Waals surface area contributed by atoms with E-state index >= 15 is 0 Å². The molecule has 0 aliphatic heterocycles. The Morgan fingerprint density at radius 1 is 1.35 bits per heavy atom. The Morgan fingerprint density at radius 3 is 2.60 bits per heavy atom. The summed E-state index contributed by atoms with van der Waals surface area (Å²) >= 11 is 0. The van der Waals surface area contributed by atoms with Gasteiger partial charge in [0.1, 0.15) is 11.4 Å². The van der Waals surface area contributed by atoms with Crippen molar-refractivity contribution in [2.24, 2.45) is 11.5 Å². The van der Waals surface area contributed by atoms with Crippen LogP contribution < -0.4 is 16.8 Å². The van der Waals surface area contributed by atoms with Gasteiger partial charge in [0.15, 0.2) is 0 Å². The van der Waals surface area contributed by atoms with E-state index in [4.69, 9.17) is 11.5 Å². The lowest BCUT2D eigenvalue weighted by Gasteiger charge is -2.39. The number of aromatic nitrogens is 2. The molecule has 2 amide bonds. The number of hydrogen-bond acceptors (Lipinski definition) is 4. The number of carbonyl (C=O) groups is 2. The lowest BCUT2D eigenvalue weighted by Crippen LogP contribution is -2.51. The maximum atomic E-state index is 11.9. The van der Waals surface area contributed by atoms with E-state index < -0.39 is 11.6 Å². The van der Waals surface area contributed by atoms with Crippen molar-refractivity contribution in [3.05, 3.63) is 18.2 Å². The fraction of sp³-hybridized carbons (Fsp3) is 0.615. The molecule has 1 heterocycles. The molecule has 1 saturated carbocycles. The van der Waals surface area contributed by atoms with Crippen LogP contribution in [0.15, 0.2) is 12.5 Å². The molecule has 0 saturated heterocycles. The molecule has 5 N–H and O–H groups in total. The van der Waals surface area contributed by atoms with E-state index in [9.17, 15) is 9.59 Å². The summed E-state index contributed by atoms with van der Waals surface area (Å²) in [6, 6.07) is 0. The third-order valence-corrected chi connectivity index (χ3v) is 3.75. The summed E-state index contributed by atoms with van der Waals surface area (Å²) in [5, 5.41) is 3.05. The summed E-state index contributed by atoms with van der Waals surface area (Å²) in [5.41, 5.74) is 10.4. The summed E-state index contributed by atoms with van der Waals surface area (Å²) in [4.78, 5) is 27.1. The molecular weight excluding hydrogens is 258 g/mol. The van der Waals surface area contributed by atoms with Gasteiger partial charge in [-0.25, -0.2) is 4.98 Å². The highest BCUT2D eigenvalue weighted by molar-refractivity contribution is 5.90. The first kappa shape index (κ1) is 14.5. The zero-order chi connectivity index (χ0) is 14.6. The summed E-state index contributed by atoms with van der Waals surface area (Å²) < 4.78 is 1.81. The monoisotopic (exact) mass is 279 g/mol. The molecule has 1 aromatic rings. The van der Waals surface area contributed by atoms with Crippen molar-refractivity contribution in [2.75, 3.05) is 6.54 Å². The highest BCUT2D eigenvalue weighted by atomic mass is 16.2. The normalized spacial score (nSPS) is 17.6. The van der Waals surface area contributed by atoms with Crippen molar-refractivity contribution in [2.45, 2.75) is 44.2 Å². The fourth-order valence-corrected chi connectivity index (χ4v) is 2.72. The Labute approximate surface area is 117 Å². The second-order valence-corrected chi connectivity index (χ2v) is 5.21. The van der Waals surface area contributed by atoms with Crippen LogP contribution in [-0.2, 0) is 10.5 Å². The van der Waals surface area contributed by atoms with Gasteiger partial charge in [-0.05, 0) is 25.7 Å². The van der Waals surface area contributed by atoms with Crippen LogP contribution in [0.25, 0.3) is 0 Å². The number of hydrogen-bond donors (Lipinski definition) is 3. The molecule has 20 heavy (non-hydrogen) atoms. The molecule has 0 aromatic carbocycles. The molecule has 0 spiro atoms. The van der Waals surface area contributed by atoms with Gasteiger partial charge in [0, 0.05) is 19.2 Å². The molecule has 0 bridgehead atoms. The SMILES string of the molecule is NCCC(=O)NC1(n2cnc(C(N)=O)c2)CCCCC1. The number of primary amides is 1. The zero-order valence-corrected chi connectivity index (χ0v) is 11.5. The van der Waals surface area contributed by atoms with Gasteiger partial charge in [-0.1, -0.05) is 6.42 Å². The molecule has 0 unspecified atom stereocenters. The lowest BCUT2D eigenvalue weighted by molar-refractivity contribution is -0.124. The van der Waals surface area contributed by atoms with Gasteiger partial charge in [-0.2, -0.15) is 0 Å². The highest BCUT2D eigenvalue weighted by Gasteiger charge is 2.35. The van der Waals surface area contributed by atoms with Gasteiger partial charge < -0.3 is 21.4 Å². The molecule has 2 rings (SSSR count). The topological polar surface area (TPSA) is 116 Å². The predicted molar refractivity (Wildman–Crippen MR) is 73.6 cm³/mol. The molecule has 7 heteroatoms. The van der Waals surface area contributed by atoms with Gasteiger partial charge >= 0.3 is 0 Å². The van der Waals surface area contributed by atoms with Crippen LogP contribution in [-0.4, -0.2) is 27.9 Å². The summed E-state index contributed by atoms with van der Waals surface area (Å²) in [6.07, 6.45) is 8.28. The maximum absolute atomic E-state index is 11.9. The summed E-state index contributed by atoms with van der Waals surface area (Å²) in [5.74, 6) is -0.647. The molecule has 0 atom stereocenters. The fourth-order valence-electron chi connectivity index (χ4n) is 2.72. The van der Waals surface area contributed by atoms with Gasteiger partial charge in [0.25, 0.3) is 5.91 Å². The van der Waals surface area contributed by atoms with Crippen LogP contribution in [0.3, 0.4) is 0 Å². The number of imidazole rings is 1. The second kappa shape index (κ2) is 6.04. The Balaban J connectivity index is 2.25. The Kier molecular flexibility index (Phi) is 4.39. The first-order chi connectivity index (χ1) is 9.57. The van der Waals surface area contributed by atoms with Crippen LogP contribution >= 0.6 is 0 Å². The molecule has 1 aromatic heterocycles. The largest absolute Gasteiger partial charge is 0.364 e. The third-order valence-electron chi connectivity index (χ3n) is 3.75. The van der Waals surface area contributed by atoms with E-state index in [1.165, 1.54) is 0 Å². The summed E-state index contributed by atoms with van der Waals surface area (Å²) in [7, 11) is 0. The third kappa shape index (κ3) is 2.98. The smallest absolute Gasteiger partial charge is 0.268 e. The van der Waals surface area contributed by atoms with Crippen LogP contribution in [0, 0.1) is 0 Å². The van der Waals surface area contributed by atoms with Gasteiger partial charge in [0.05, 0.1) is 6.33 Å². The van der Waals surface area contributed by atoms with Gasteiger partial charge in [-0.3, -0.25) is 9.59 Å². The minimum absolute atomic E-state index is 0.0799. The van der Waals surface area contributed by atoms with Crippen molar-refractivity contribution in [1.82, 2.24) is 14.9 Å². The molecule has 7 nitrogen and oxygen atoms in total. The van der Waals surface area contributed by atoms with Crippen LogP contribution in [0.4, 0.5) is 0 Å². The van der Waals surface area contributed by atoms with Gasteiger partial charge in [-0.15, -0.1) is 0 Å².